The lowest BCUT2D eigenvalue weighted by Gasteiger charge is -2.15. The Kier molecular flexibility index (Phi) is 5.44. The second kappa shape index (κ2) is 7.13. The molecule has 0 saturated carbocycles. The third-order valence-corrected chi connectivity index (χ3v) is 4.08. The maximum absolute atomic E-state index is 13.4. The zero-order chi connectivity index (χ0) is 16.3. The molecule has 0 fully saturated rings. The molecule has 2 rings (SSSR count). The number of halogens is 3. The van der Waals surface area contributed by atoms with Gasteiger partial charge >= 0.3 is 5.97 Å². The number of hydrogen-bond acceptors (Lipinski definition) is 6. The standard InChI is InChI=1S/C13H11Cl2FN2O3S/c1-6(13(19)20-4-7-2-3-22-5-7)21-12-9(15)10(17)8(14)11(16)18-12/h2-3,5-6H,4H2,1H3,(H2,17,18)/t6-/m1/s1. The molecular formula is C13H11Cl2FN2O3S. The lowest BCUT2D eigenvalue weighted by atomic mass is 10.3. The van der Waals surface area contributed by atoms with E-state index >= 15 is 0 Å². The highest BCUT2D eigenvalue weighted by Crippen LogP contribution is 2.35. The predicted molar refractivity (Wildman–Crippen MR) is 82.8 cm³/mol. The molecule has 22 heavy (non-hydrogen) atoms. The first-order valence-electron chi connectivity index (χ1n) is 6.04. The topological polar surface area (TPSA) is 74.4 Å². The molecule has 0 aliphatic heterocycles. The van der Waals surface area contributed by atoms with Crippen LogP contribution in [-0.2, 0) is 16.1 Å². The number of thiophene rings is 1. The number of nitrogens with zero attached hydrogens (tertiary/aromatic N) is 1. The Morgan fingerprint density at radius 3 is 2.86 bits per heavy atom. The van der Waals surface area contributed by atoms with E-state index in [2.05, 4.69) is 4.98 Å². The summed E-state index contributed by atoms with van der Waals surface area (Å²) in [5.41, 5.74) is 6.18. The van der Waals surface area contributed by atoms with Gasteiger partial charge in [-0.25, -0.2) is 4.79 Å². The van der Waals surface area contributed by atoms with Gasteiger partial charge in [0.25, 0.3) is 0 Å². The van der Waals surface area contributed by atoms with E-state index in [-0.39, 0.29) is 23.2 Å². The minimum atomic E-state index is -1.04. The van der Waals surface area contributed by atoms with Crippen LogP contribution in [0.2, 0.25) is 10.0 Å². The third-order valence-electron chi connectivity index (χ3n) is 2.62. The van der Waals surface area contributed by atoms with Crippen LogP contribution in [0.4, 0.5) is 10.1 Å². The highest BCUT2D eigenvalue weighted by Gasteiger charge is 2.22. The van der Waals surface area contributed by atoms with Gasteiger partial charge in [-0.15, -0.1) is 0 Å². The van der Waals surface area contributed by atoms with Gasteiger partial charge in [-0.3, -0.25) is 0 Å². The summed E-state index contributed by atoms with van der Waals surface area (Å²) in [5.74, 6) is -1.99. The number of carbonyl (C=O) groups is 1. The number of aromatic nitrogens is 1. The number of esters is 1. The first-order chi connectivity index (χ1) is 10.4. The average Bonchev–Trinajstić information content (AvgIpc) is 3.01. The van der Waals surface area contributed by atoms with Gasteiger partial charge in [0.15, 0.2) is 6.10 Å². The predicted octanol–water partition coefficient (Wildman–Crippen LogP) is 3.68. The number of anilines is 1. The van der Waals surface area contributed by atoms with Crippen molar-refractivity contribution in [1.29, 1.82) is 0 Å². The van der Waals surface area contributed by atoms with Gasteiger partial charge in [-0.05, 0) is 23.8 Å². The summed E-state index contributed by atoms with van der Waals surface area (Å²) in [7, 11) is 0. The molecule has 0 amide bonds. The molecule has 0 aliphatic carbocycles. The van der Waals surface area contributed by atoms with Crippen LogP contribution >= 0.6 is 34.5 Å². The van der Waals surface area contributed by atoms with Crippen molar-refractivity contribution in [1.82, 2.24) is 4.98 Å². The van der Waals surface area contributed by atoms with E-state index in [1.807, 2.05) is 16.8 Å². The van der Waals surface area contributed by atoms with E-state index in [4.69, 9.17) is 38.4 Å². The van der Waals surface area contributed by atoms with Crippen LogP contribution in [-0.4, -0.2) is 17.1 Å². The van der Waals surface area contributed by atoms with Crippen LogP contribution in [0, 0.1) is 5.95 Å². The Bertz CT molecular complexity index is 682. The zero-order valence-electron chi connectivity index (χ0n) is 11.3. The summed E-state index contributed by atoms with van der Waals surface area (Å²) in [6.07, 6.45) is -1.04. The van der Waals surface area contributed by atoms with Crippen LogP contribution in [0.1, 0.15) is 12.5 Å². The molecule has 118 valence electrons. The van der Waals surface area contributed by atoms with Gasteiger partial charge in [0, 0.05) is 5.56 Å². The van der Waals surface area contributed by atoms with Gasteiger partial charge in [0.1, 0.15) is 16.7 Å². The number of rotatable bonds is 5. The van der Waals surface area contributed by atoms with E-state index < -0.39 is 23.0 Å². The van der Waals surface area contributed by atoms with Crippen LogP contribution in [0.25, 0.3) is 0 Å². The molecule has 5 nitrogen and oxygen atoms in total. The van der Waals surface area contributed by atoms with Crippen molar-refractivity contribution in [3.63, 3.8) is 0 Å². The van der Waals surface area contributed by atoms with E-state index in [0.29, 0.717) is 0 Å². The Morgan fingerprint density at radius 2 is 2.23 bits per heavy atom. The quantitative estimate of drug-likeness (QED) is 0.646. The van der Waals surface area contributed by atoms with Crippen molar-refractivity contribution in [3.05, 3.63) is 38.4 Å². The average molecular weight is 365 g/mol. The van der Waals surface area contributed by atoms with Crippen molar-refractivity contribution < 1.29 is 18.7 Å². The number of nitrogen functional groups attached to an aromatic ring is 1. The summed E-state index contributed by atoms with van der Waals surface area (Å²) >= 11 is 12.9. The second-order valence-corrected chi connectivity index (χ2v) is 5.78. The molecule has 2 N–H and O–H groups in total. The largest absolute Gasteiger partial charge is 0.461 e. The van der Waals surface area contributed by atoms with E-state index in [1.54, 1.807) is 0 Å². The van der Waals surface area contributed by atoms with Crippen molar-refractivity contribution in [2.24, 2.45) is 0 Å². The van der Waals surface area contributed by atoms with E-state index in [0.717, 1.165) is 5.56 Å². The molecule has 1 atom stereocenters. The summed E-state index contributed by atoms with van der Waals surface area (Å²) < 4.78 is 23.7. The van der Waals surface area contributed by atoms with Crippen LogP contribution in [0.15, 0.2) is 16.8 Å². The smallest absolute Gasteiger partial charge is 0.347 e. The number of hydrogen-bond donors (Lipinski definition) is 1. The van der Waals surface area contributed by atoms with Crippen LogP contribution < -0.4 is 10.5 Å². The Balaban J connectivity index is 2.02. The van der Waals surface area contributed by atoms with E-state index in [1.165, 1.54) is 18.3 Å². The monoisotopic (exact) mass is 364 g/mol. The summed E-state index contributed by atoms with van der Waals surface area (Å²) in [4.78, 5) is 15.3. The molecule has 2 aromatic rings. The van der Waals surface area contributed by atoms with Crippen molar-refractivity contribution in [3.8, 4) is 5.88 Å². The first-order valence-corrected chi connectivity index (χ1v) is 7.74. The molecule has 0 radical (unpaired) electrons. The number of nitrogens with two attached hydrogens (primary N) is 1. The fourth-order valence-corrected chi connectivity index (χ4v) is 2.47. The highest BCUT2D eigenvalue weighted by molar-refractivity contribution is 7.07. The maximum atomic E-state index is 13.4. The molecular weight excluding hydrogens is 354 g/mol. The molecule has 0 aromatic carbocycles. The van der Waals surface area contributed by atoms with Gasteiger partial charge in [0.05, 0.1) is 5.69 Å². The molecule has 0 saturated heterocycles. The number of ether oxygens (including phenoxy) is 2. The minimum absolute atomic E-state index is 0.119. The number of pyridine rings is 1. The Morgan fingerprint density at radius 1 is 1.50 bits per heavy atom. The number of carbonyl (C=O) groups excluding carboxylic acids is 1. The molecule has 0 unspecified atom stereocenters. The normalized spacial score (nSPS) is 12.0. The SMILES string of the molecule is C[C@@H](Oc1nc(F)c(Cl)c(N)c1Cl)C(=O)OCc1ccsc1. The zero-order valence-corrected chi connectivity index (χ0v) is 13.6. The Labute approximate surface area is 139 Å². The molecule has 0 spiro atoms. The van der Waals surface area contributed by atoms with Crippen LogP contribution in [0.3, 0.4) is 0 Å². The lowest BCUT2D eigenvalue weighted by Crippen LogP contribution is -2.26. The van der Waals surface area contributed by atoms with Crippen LogP contribution in [0.5, 0.6) is 5.88 Å². The summed E-state index contributed by atoms with van der Waals surface area (Å²) in [6, 6.07) is 1.83. The van der Waals surface area contributed by atoms with Gasteiger partial charge < -0.3 is 15.2 Å². The molecule has 2 heterocycles. The van der Waals surface area contributed by atoms with E-state index in [9.17, 15) is 9.18 Å². The Hall–Kier alpha value is -1.57. The molecule has 0 bridgehead atoms. The minimum Gasteiger partial charge on any atom is -0.461 e. The first kappa shape index (κ1) is 16.8. The summed E-state index contributed by atoms with van der Waals surface area (Å²) in [5, 5.41) is 3.16. The highest BCUT2D eigenvalue weighted by atomic mass is 35.5. The van der Waals surface area contributed by atoms with Crippen molar-refractivity contribution >= 4 is 46.2 Å². The molecule has 0 aliphatic rings. The third kappa shape index (κ3) is 3.79. The molecule has 9 heteroatoms. The summed E-state index contributed by atoms with van der Waals surface area (Å²) in [6.45, 7) is 1.55. The lowest BCUT2D eigenvalue weighted by molar-refractivity contribution is -0.152. The molecule has 2 aromatic heterocycles. The fourth-order valence-electron chi connectivity index (χ4n) is 1.45. The maximum Gasteiger partial charge on any atom is 0.347 e. The van der Waals surface area contributed by atoms with Gasteiger partial charge in [-0.2, -0.15) is 20.7 Å². The fraction of sp³-hybridized carbons (Fsp3) is 0.231. The van der Waals surface area contributed by atoms with Gasteiger partial charge in [-0.1, -0.05) is 23.2 Å². The van der Waals surface area contributed by atoms with Crippen molar-refractivity contribution in [2.75, 3.05) is 5.73 Å². The second-order valence-electron chi connectivity index (χ2n) is 4.25. The van der Waals surface area contributed by atoms with Gasteiger partial charge in [0.2, 0.25) is 11.8 Å². The van der Waals surface area contributed by atoms with Crippen molar-refractivity contribution in [2.45, 2.75) is 19.6 Å².